The first-order valence-corrected chi connectivity index (χ1v) is 3.90. The van der Waals surface area contributed by atoms with E-state index in [4.69, 9.17) is 0 Å². The molecule has 0 heterocycles. The van der Waals surface area contributed by atoms with Gasteiger partial charge in [0.15, 0.2) is 0 Å². The number of allylic oxidation sites excluding steroid dienone is 2. The van der Waals surface area contributed by atoms with Crippen LogP contribution in [0, 0.1) is 18.8 Å². The average Bonchev–Trinajstić information content (AvgIpc) is 2.35. The molecule has 0 saturated heterocycles. The summed E-state index contributed by atoms with van der Waals surface area (Å²) in [6.45, 7) is 4.04. The zero-order valence-corrected chi connectivity index (χ0v) is 5.77. The lowest BCUT2D eigenvalue weighted by molar-refractivity contribution is 0.485. The molecule has 0 amide bonds. The molecule has 2 aliphatic rings. The maximum Gasteiger partial charge on any atom is -0.0172 e. The second-order valence-electron chi connectivity index (χ2n) is 3.31. The normalized spacial score (nSPS) is 40.8. The van der Waals surface area contributed by atoms with Crippen molar-refractivity contribution in [2.24, 2.45) is 11.8 Å². The van der Waals surface area contributed by atoms with Crippen molar-refractivity contribution in [1.29, 1.82) is 0 Å². The number of hydrogen-bond acceptors (Lipinski definition) is 0. The van der Waals surface area contributed by atoms with Gasteiger partial charge in [0, 0.05) is 0 Å². The minimum atomic E-state index is 0.894. The fourth-order valence-corrected chi connectivity index (χ4v) is 2.26. The van der Waals surface area contributed by atoms with Gasteiger partial charge in [-0.15, -0.1) is 0 Å². The molecule has 2 rings (SSSR count). The van der Waals surface area contributed by atoms with E-state index in [-0.39, 0.29) is 0 Å². The molecule has 1 radical (unpaired) electrons. The van der Waals surface area contributed by atoms with E-state index in [9.17, 15) is 0 Å². The van der Waals surface area contributed by atoms with Crippen molar-refractivity contribution >= 4 is 0 Å². The lowest BCUT2D eigenvalue weighted by atomic mass is 9.96. The van der Waals surface area contributed by atoms with Gasteiger partial charge in [0.25, 0.3) is 0 Å². The fourth-order valence-electron chi connectivity index (χ4n) is 2.26. The summed E-state index contributed by atoms with van der Waals surface area (Å²) >= 11 is 0. The molecule has 2 atom stereocenters. The van der Waals surface area contributed by atoms with Gasteiger partial charge in [-0.1, -0.05) is 18.1 Å². The molecule has 0 heteroatoms. The molecule has 2 aliphatic carbocycles. The molecule has 0 aliphatic heterocycles. The first-order valence-electron chi connectivity index (χ1n) is 3.90. The number of rotatable bonds is 0. The molecular weight excluding hydrogens is 108 g/mol. The fraction of sp³-hybridized carbons (Fsp3) is 0.667. The van der Waals surface area contributed by atoms with Crippen LogP contribution in [0.4, 0.5) is 0 Å². The molecule has 1 fully saturated rings. The van der Waals surface area contributed by atoms with E-state index in [0.717, 1.165) is 11.8 Å². The largest absolute Gasteiger partial charge is 0.0847 e. The second kappa shape index (κ2) is 1.86. The second-order valence-corrected chi connectivity index (χ2v) is 3.31. The van der Waals surface area contributed by atoms with Crippen molar-refractivity contribution in [3.8, 4) is 0 Å². The third-order valence-corrected chi connectivity index (χ3v) is 2.82. The van der Waals surface area contributed by atoms with Gasteiger partial charge in [0.1, 0.15) is 0 Å². The molecule has 0 aromatic carbocycles. The highest BCUT2D eigenvalue weighted by Crippen LogP contribution is 2.43. The van der Waals surface area contributed by atoms with Crippen LogP contribution in [-0.4, -0.2) is 0 Å². The minimum absolute atomic E-state index is 0.894. The molecule has 2 unspecified atom stereocenters. The van der Waals surface area contributed by atoms with Gasteiger partial charge in [-0.3, -0.25) is 0 Å². The van der Waals surface area contributed by atoms with Crippen LogP contribution in [0.15, 0.2) is 11.6 Å². The van der Waals surface area contributed by atoms with Crippen LogP contribution in [0.2, 0.25) is 0 Å². The van der Waals surface area contributed by atoms with E-state index in [1.807, 2.05) is 0 Å². The van der Waals surface area contributed by atoms with Gasteiger partial charge in [-0.05, 0) is 38.0 Å². The van der Waals surface area contributed by atoms with Gasteiger partial charge in [0.05, 0.1) is 0 Å². The Morgan fingerprint density at radius 2 is 2.33 bits per heavy atom. The van der Waals surface area contributed by atoms with Gasteiger partial charge >= 0.3 is 0 Å². The highest BCUT2D eigenvalue weighted by atomic mass is 14.4. The summed E-state index contributed by atoms with van der Waals surface area (Å²) in [5, 5.41) is 0. The maximum absolute atomic E-state index is 4.04. The Labute approximate surface area is 57.0 Å². The molecule has 0 N–H and O–H groups in total. The molecule has 49 valence electrons. The minimum Gasteiger partial charge on any atom is -0.0847 e. The third kappa shape index (κ3) is 0.726. The number of fused-ring (bicyclic) bond motifs is 1. The Bertz CT molecular complexity index is 144. The zero-order valence-electron chi connectivity index (χ0n) is 5.77. The molecule has 0 bridgehead atoms. The monoisotopic (exact) mass is 121 g/mol. The van der Waals surface area contributed by atoms with Crippen molar-refractivity contribution in [2.45, 2.75) is 25.7 Å². The third-order valence-electron chi connectivity index (χ3n) is 2.82. The van der Waals surface area contributed by atoms with E-state index in [2.05, 4.69) is 13.0 Å². The highest BCUT2D eigenvalue weighted by Gasteiger charge is 2.31. The van der Waals surface area contributed by atoms with Crippen LogP contribution in [-0.2, 0) is 0 Å². The summed E-state index contributed by atoms with van der Waals surface area (Å²) in [5.41, 5.74) is 1.43. The van der Waals surface area contributed by atoms with E-state index < -0.39 is 0 Å². The Hall–Kier alpha value is -0.260. The summed E-state index contributed by atoms with van der Waals surface area (Å²) in [7, 11) is 0. The summed E-state index contributed by atoms with van der Waals surface area (Å²) < 4.78 is 0. The van der Waals surface area contributed by atoms with E-state index >= 15 is 0 Å². The van der Waals surface area contributed by atoms with E-state index in [1.165, 1.54) is 31.3 Å². The molecule has 0 aromatic heterocycles. The lowest BCUT2D eigenvalue weighted by Crippen LogP contribution is -2.00. The van der Waals surface area contributed by atoms with Crippen LogP contribution >= 0.6 is 0 Å². The zero-order chi connectivity index (χ0) is 6.27. The van der Waals surface area contributed by atoms with Crippen LogP contribution in [0.5, 0.6) is 0 Å². The quantitative estimate of drug-likeness (QED) is 0.462. The van der Waals surface area contributed by atoms with Crippen LogP contribution in [0.1, 0.15) is 25.7 Å². The predicted molar refractivity (Wildman–Crippen MR) is 38.9 cm³/mol. The van der Waals surface area contributed by atoms with E-state index in [1.54, 1.807) is 0 Å². The first kappa shape index (κ1) is 5.52. The van der Waals surface area contributed by atoms with Crippen molar-refractivity contribution in [2.75, 3.05) is 0 Å². The van der Waals surface area contributed by atoms with Crippen molar-refractivity contribution in [3.63, 3.8) is 0 Å². The highest BCUT2D eigenvalue weighted by molar-refractivity contribution is 5.19. The van der Waals surface area contributed by atoms with Crippen molar-refractivity contribution < 1.29 is 0 Å². The molecule has 0 aromatic rings. The van der Waals surface area contributed by atoms with Gasteiger partial charge in [-0.25, -0.2) is 0 Å². The van der Waals surface area contributed by atoms with Crippen LogP contribution < -0.4 is 0 Å². The summed E-state index contributed by atoms with van der Waals surface area (Å²) in [5.74, 6) is 1.89. The lowest BCUT2D eigenvalue weighted by Gasteiger charge is -2.09. The Balaban J connectivity index is 2.16. The molecular formula is C9H13. The molecule has 0 nitrogen and oxygen atoms in total. The summed E-state index contributed by atoms with van der Waals surface area (Å²) in [4.78, 5) is 0. The smallest absolute Gasteiger partial charge is 0.0172 e. The van der Waals surface area contributed by atoms with Gasteiger partial charge in [0.2, 0.25) is 0 Å². The summed E-state index contributed by atoms with van der Waals surface area (Å²) in [6.07, 6.45) is 7.97. The SMILES string of the molecule is [CH2]C1=CCC2CCCC12. The van der Waals surface area contributed by atoms with Crippen LogP contribution in [0.3, 0.4) is 0 Å². The Morgan fingerprint density at radius 3 is 3.11 bits per heavy atom. The maximum atomic E-state index is 4.04. The average molecular weight is 121 g/mol. The summed E-state index contributed by atoms with van der Waals surface area (Å²) in [6, 6.07) is 0. The topological polar surface area (TPSA) is 0 Å². The van der Waals surface area contributed by atoms with Gasteiger partial charge < -0.3 is 0 Å². The molecule has 9 heavy (non-hydrogen) atoms. The standard InChI is InChI=1S/C9H13/c1-7-5-6-8-3-2-4-9(7)8/h5,8-9H,1-4,6H2. The predicted octanol–water partition coefficient (Wildman–Crippen LogP) is 2.57. The van der Waals surface area contributed by atoms with Crippen molar-refractivity contribution in [3.05, 3.63) is 18.6 Å². The van der Waals surface area contributed by atoms with Gasteiger partial charge in [-0.2, -0.15) is 0 Å². The molecule has 1 saturated carbocycles. The molecule has 0 spiro atoms. The van der Waals surface area contributed by atoms with Crippen molar-refractivity contribution in [1.82, 2.24) is 0 Å². The first-order chi connectivity index (χ1) is 4.38. The van der Waals surface area contributed by atoms with E-state index in [0.29, 0.717) is 0 Å². The van der Waals surface area contributed by atoms with Crippen LogP contribution in [0.25, 0.3) is 0 Å². The Morgan fingerprint density at radius 1 is 1.44 bits per heavy atom. The Kier molecular flexibility index (Phi) is 1.14. The number of hydrogen-bond donors (Lipinski definition) is 0.